The van der Waals surface area contributed by atoms with Gasteiger partial charge in [-0.1, -0.05) is 38.8 Å². The maximum absolute atomic E-state index is 10.4. The van der Waals surface area contributed by atoms with Crippen LogP contribution in [0.4, 0.5) is 0 Å². The molecule has 1 N–H and O–H groups in total. The molecule has 3 aliphatic rings. The number of hydrogen-bond donors (Lipinski definition) is 1. The molecule has 0 unspecified atom stereocenters. The number of rotatable bonds is 0. The molecule has 0 aromatic carbocycles. The number of allylic oxidation sites excluding steroid dienone is 1. The van der Waals surface area contributed by atoms with E-state index in [-0.39, 0.29) is 0 Å². The van der Waals surface area contributed by atoms with E-state index in [2.05, 4.69) is 26.8 Å². The van der Waals surface area contributed by atoms with Crippen LogP contribution in [0.1, 0.15) is 72.6 Å². The van der Waals surface area contributed by atoms with Crippen molar-refractivity contribution >= 4 is 0 Å². The Bertz CT molecular complexity index is 404. The molecule has 1 heteroatoms. The Balaban J connectivity index is 1.95. The van der Waals surface area contributed by atoms with Gasteiger partial charge in [0.15, 0.2) is 0 Å². The van der Waals surface area contributed by atoms with Gasteiger partial charge in [0, 0.05) is 0 Å². The van der Waals surface area contributed by atoms with E-state index in [1.807, 2.05) is 6.92 Å². The summed E-state index contributed by atoms with van der Waals surface area (Å²) in [4.78, 5) is 0. The van der Waals surface area contributed by atoms with Gasteiger partial charge in [-0.2, -0.15) is 0 Å². The Hall–Kier alpha value is -0.300. The van der Waals surface area contributed by atoms with Crippen LogP contribution >= 0.6 is 0 Å². The molecule has 3 aliphatic carbocycles. The maximum Gasteiger partial charge on any atom is 0.0657 e. The van der Waals surface area contributed by atoms with Crippen LogP contribution in [0.3, 0.4) is 0 Å². The zero-order chi connectivity index (χ0) is 13.9. The lowest BCUT2D eigenvalue weighted by molar-refractivity contribution is -0.0648. The van der Waals surface area contributed by atoms with Gasteiger partial charge in [-0.3, -0.25) is 0 Å². The molecule has 2 fully saturated rings. The highest BCUT2D eigenvalue weighted by atomic mass is 16.3. The summed E-state index contributed by atoms with van der Waals surface area (Å²) in [5.74, 6) is 1.58. The molecule has 0 aliphatic heterocycles. The predicted molar refractivity (Wildman–Crippen MR) is 79.9 cm³/mol. The second kappa shape index (κ2) is 4.10. The van der Waals surface area contributed by atoms with Crippen LogP contribution in [0.15, 0.2) is 11.6 Å². The topological polar surface area (TPSA) is 20.2 Å². The third-order valence-electron chi connectivity index (χ3n) is 6.69. The van der Waals surface area contributed by atoms with Crippen molar-refractivity contribution in [3.05, 3.63) is 11.6 Å². The highest BCUT2D eigenvalue weighted by molar-refractivity contribution is 5.23. The van der Waals surface area contributed by atoms with E-state index in [4.69, 9.17) is 0 Å². The molecule has 3 rings (SSSR count). The normalized spacial score (nSPS) is 49.0. The van der Waals surface area contributed by atoms with Crippen molar-refractivity contribution in [1.82, 2.24) is 0 Å². The second-order valence-corrected chi connectivity index (χ2v) is 8.68. The zero-order valence-electron chi connectivity index (χ0n) is 13.1. The lowest BCUT2D eigenvalue weighted by atomic mass is 9.46. The van der Waals surface area contributed by atoms with Crippen LogP contribution in [0.25, 0.3) is 0 Å². The average molecular weight is 262 g/mol. The molecular formula is C18H30O. The first-order chi connectivity index (χ1) is 8.75. The van der Waals surface area contributed by atoms with Crippen LogP contribution in [0.2, 0.25) is 0 Å². The number of aliphatic hydroxyl groups is 1. The lowest BCUT2D eigenvalue weighted by Gasteiger charge is -2.59. The Morgan fingerprint density at radius 1 is 1.11 bits per heavy atom. The smallest absolute Gasteiger partial charge is 0.0657 e. The van der Waals surface area contributed by atoms with E-state index < -0.39 is 5.60 Å². The van der Waals surface area contributed by atoms with Gasteiger partial charge in [-0.05, 0) is 68.1 Å². The Morgan fingerprint density at radius 3 is 2.58 bits per heavy atom. The van der Waals surface area contributed by atoms with E-state index in [9.17, 15) is 5.11 Å². The molecule has 0 heterocycles. The Labute approximate surface area is 118 Å². The van der Waals surface area contributed by atoms with Crippen LogP contribution < -0.4 is 0 Å². The van der Waals surface area contributed by atoms with Gasteiger partial charge in [0.1, 0.15) is 0 Å². The molecule has 0 aromatic heterocycles. The van der Waals surface area contributed by atoms with E-state index in [0.717, 1.165) is 24.7 Å². The lowest BCUT2D eigenvalue weighted by Crippen LogP contribution is -2.51. The van der Waals surface area contributed by atoms with Gasteiger partial charge in [0.2, 0.25) is 0 Å². The molecule has 0 amide bonds. The van der Waals surface area contributed by atoms with E-state index >= 15 is 0 Å². The fourth-order valence-electron chi connectivity index (χ4n) is 5.70. The minimum absolute atomic E-state index is 0.449. The summed E-state index contributed by atoms with van der Waals surface area (Å²) < 4.78 is 0. The predicted octanol–water partition coefficient (Wildman–Crippen LogP) is 4.70. The molecular weight excluding hydrogens is 232 g/mol. The van der Waals surface area contributed by atoms with Crippen molar-refractivity contribution in [2.24, 2.45) is 22.7 Å². The molecule has 4 atom stereocenters. The summed E-state index contributed by atoms with van der Waals surface area (Å²) in [5, 5.41) is 10.4. The summed E-state index contributed by atoms with van der Waals surface area (Å²) in [6, 6.07) is 0. The largest absolute Gasteiger partial charge is 0.390 e. The molecule has 0 spiro atoms. The molecule has 0 aromatic rings. The van der Waals surface area contributed by atoms with Crippen molar-refractivity contribution in [2.45, 2.75) is 78.2 Å². The fraction of sp³-hybridized carbons (Fsp3) is 0.889. The van der Waals surface area contributed by atoms with Crippen LogP contribution in [-0.2, 0) is 0 Å². The third-order valence-corrected chi connectivity index (χ3v) is 6.69. The Morgan fingerprint density at radius 2 is 1.84 bits per heavy atom. The van der Waals surface area contributed by atoms with Crippen LogP contribution in [0.5, 0.6) is 0 Å². The maximum atomic E-state index is 10.4. The summed E-state index contributed by atoms with van der Waals surface area (Å²) in [5.41, 5.74) is 2.11. The molecule has 0 saturated heterocycles. The first kappa shape index (κ1) is 13.7. The molecule has 0 radical (unpaired) electrons. The number of fused-ring (bicyclic) bond motifs is 3. The zero-order valence-corrected chi connectivity index (χ0v) is 13.1. The fourth-order valence-corrected chi connectivity index (χ4v) is 5.70. The highest BCUT2D eigenvalue weighted by Crippen LogP contribution is 2.62. The molecule has 19 heavy (non-hydrogen) atoms. The number of hydrogen-bond acceptors (Lipinski definition) is 1. The summed E-state index contributed by atoms with van der Waals surface area (Å²) in [7, 11) is 0. The van der Waals surface area contributed by atoms with Crippen molar-refractivity contribution in [3.63, 3.8) is 0 Å². The van der Waals surface area contributed by atoms with Gasteiger partial charge in [-0.25, -0.2) is 0 Å². The van der Waals surface area contributed by atoms with Crippen molar-refractivity contribution in [1.29, 1.82) is 0 Å². The van der Waals surface area contributed by atoms with E-state index in [0.29, 0.717) is 10.8 Å². The monoisotopic (exact) mass is 262 g/mol. The van der Waals surface area contributed by atoms with Gasteiger partial charge in [-0.15, -0.1) is 0 Å². The second-order valence-electron chi connectivity index (χ2n) is 8.68. The average Bonchev–Trinajstić information content (AvgIpc) is 2.25. The summed E-state index contributed by atoms with van der Waals surface area (Å²) in [6.07, 6.45) is 11.0. The standard InChI is InChI=1S/C18H30O/c1-16(2)9-5-10-18(4)14-8-11-17(3,19)12-13(14)6-7-15(16)18/h6,14-15,19H,5,7-12H2,1-4H3/t14-,15-,17+,18+/m0/s1. The van der Waals surface area contributed by atoms with Crippen molar-refractivity contribution < 1.29 is 5.11 Å². The first-order valence-corrected chi connectivity index (χ1v) is 8.16. The van der Waals surface area contributed by atoms with E-state index in [1.165, 1.54) is 32.1 Å². The van der Waals surface area contributed by atoms with E-state index in [1.54, 1.807) is 5.57 Å². The highest BCUT2D eigenvalue weighted by Gasteiger charge is 2.53. The molecule has 0 bridgehead atoms. The third kappa shape index (κ3) is 2.09. The quantitative estimate of drug-likeness (QED) is 0.627. The van der Waals surface area contributed by atoms with Gasteiger partial charge >= 0.3 is 0 Å². The molecule has 108 valence electrons. The van der Waals surface area contributed by atoms with Gasteiger partial charge in [0.05, 0.1) is 5.60 Å². The van der Waals surface area contributed by atoms with Crippen LogP contribution in [-0.4, -0.2) is 10.7 Å². The van der Waals surface area contributed by atoms with Crippen molar-refractivity contribution in [3.8, 4) is 0 Å². The Kier molecular flexibility index (Phi) is 2.95. The first-order valence-electron chi connectivity index (χ1n) is 8.16. The minimum atomic E-state index is -0.449. The molecule has 2 saturated carbocycles. The minimum Gasteiger partial charge on any atom is -0.390 e. The van der Waals surface area contributed by atoms with Crippen molar-refractivity contribution in [2.75, 3.05) is 0 Å². The SMILES string of the molecule is CC1(C)CCC[C@]2(C)[C@H]3CC[C@@](C)(O)CC3=CC[C@@H]12. The molecule has 1 nitrogen and oxygen atoms in total. The summed E-state index contributed by atoms with van der Waals surface area (Å²) >= 11 is 0. The van der Waals surface area contributed by atoms with Gasteiger partial charge < -0.3 is 5.11 Å². The summed E-state index contributed by atoms with van der Waals surface area (Å²) in [6.45, 7) is 9.53. The van der Waals surface area contributed by atoms with Gasteiger partial charge in [0.25, 0.3) is 0 Å². The van der Waals surface area contributed by atoms with Crippen LogP contribution in [0, 0.1) is 22.7 Å².